The Kier molecular flexibility index (Phi) is 6.99. The van der Waals surface area contributed by atoms with Crippen molar-refractivity contribution >= 4 is 30.8 Å². The fraction of sp³-hybridized carbons (Fsp3) is 0.478. The number of nitrogens with one attached hydrogen (secondary N) is 1. The van der Waals surface area contributed by atoms with Crippen LogP contribution in [-0.4, -0.2) is 78.9 Å². The van der Waals surface area contributed by atoms with E-state index in [1.165, 1.54) is 24.9 Å². The first kappa shape index (κ1) is 27.2. The van der Waals surface area contributed by atoms with Gasteiger partial charge in [-0.25, -0.2) is 9.55 Å². The number of nitrogens with two attached hydrogens (primary N) is 1. The average Bonchev–Trinajstić information content (AvgIpc) is 3.14. The molecule has 39 heavy (non-hydrogen) atoms. The summed E-state index contributed by atoms with van der Waals surface area (Å²) < 4.78 is 42.8. The number of nitrogens with zero attached hydrogens (tertiary/aromatic N) is 4. The SMILES string of the molecule is COc1nc(N)nc2c1ncn2C1OC2C(OP(=O)(NC(C)C(=O)OC(C)C)Oc3ccccc3)C2(O)C1O. The summed E-state index contributed by atoms with van der Waals surface area (Å²) in [4.78, 5) is 24.7. The van der Waals surface area contributed by atoms with E-state index in [0.717, 1.165) is 0 Å². The van der Waals surface area contributed by atoms with Crippen molar-refractivity contribution in [2.75, 3.05) is 12.8 Å². The summed E-state index contributed by atoms with van der Waals surface area (Å²) in [6, 6.07) is 7.06. The third kappa shape index (κ3) is 4.93. The van der Waals surface area contributed by atoms with Gasteiger partial charge in [0, 0.05) is 0 Å². The molecule has 1 aliphatic heterocycles. The first-order chi connectivity index (χ1) is 18.5. The molecule has 3 heterocycles. The number of esters is 1. The fourth-order valence-electron chi connectivity index (χ4n) is 4.37. The number of imidazole rings is 1. The number of hydrogen-bond donors (Lipinski definition) is 4. The molecule has 0 radical (unpaired) electrons. The van der Waals surface area contributed by atoms with Gasteiger partial charge < -0.3 is 34.7 Å². The van der Waals surface area contributed by atoms with E-state index in [-0.39, 0.29) is 28.7 Å². The Bertz CT molecular complexity index is 1420. The van der Waals surface area contributed by atoms with E-state index in [0.29, 0.717) is 0 Å². The molecule has 0 bridgehead atoms. The van der Waals surface area contributed by atoms with Crippen molar-refractivity contribution in [2.24, 2.45) is 0 Å². The van der Waals surface area contributed by atoms with Crippen molar-refractivity contribution in [3.05, 3.63) is 36.7 Å². The average molecular weight is 564 g/mol. The van der Waals surface area contributed by atoms with Gasteiger partial charge in [0.2, 0.25) is 11.8 Å². The van der Waals surface area contributed by atoms with Gasteiger partial charge in [-0.3, -0.25) is 13.9 Å². The van der Waals surface area contributed by atoms with Crippen LogP contribution < -0.4 is 20.1 Å². The number of nitrogen functional groups attached to an aromatic ring is 1. The minimum Gasteiger partial charge on any atom is -0.479 e. The Morgan fingerprint density at radius 3 is 2.59 bits per heavy atom. The maximum Gasteiger partial charge on any atom is 0.459 e. The number of hydrogen-bond acceptors (Lipinski definition) is 13. The number of fused-ring (bicyclic) bond motifs is 2. The molecule has 0 spiro atoms. The van der Waals surface area contributed by atoms with Gasteiger partial charge in [-0.2, -0.15) is 15.1 Å². The van der Waals surface area contributed by atoms with Gasteiger partial charge in [-0.1, -0.05) is 18.2 Å². The van der Waals surface area contributed by atoms with E-state index in [1.807, 2.05) is 0 Å². The number of aromatic nitrogens is 4. The second-order valence-corrected chi connectivity index (χ2v) is 11.1. The van der Waals surface area contributed by atoms with E-state index in [2.05, 4.69) is 20.0 Å². The third-order valence-corrected chi connectivity index (χ3v) is 7.92. The van der Waals surface area contributed by atoms with Crippen molar-refractivity contribution < 1.29 is 42.8 Å². The number of aliphatic hydroxyl groups excluding tert-OH is 1. The van der Waals surface area contributed by atoms with Crippen LogP contribution in [0.25, 0.3) is 11.2 Å². The van der Waals surface area contributed by atoms with Gasteiger partial charge >= 0.3 is 13.7 Å². The zero-order valence-electron chi connectivity index (χ0n) is 21.5. The van der Waals surface area contributed by atoms with Crippen LogP contribution in [0.3, 0.4) is 0 Å². The molecule has 0 amide bonds. The van der Waals surface area contributed by atoms with Crippen LogP contribution in [-0.2, 0) is 23.4 Å². The quantitative estimate of drug-likeness (QED) is 0.200. The summed E-state index contributed by atoms with van der Waals surface area (Å²) >= 11 is 0. The number of aliphatic hydroxyl groups is 2. The largest absolute Gasteiger partial charge is 0.479 e. The summed E-state index contributed by atoms with van der Waals surface area (Å²) in [5.74, 6) is -0.455. The van der Waals surface area contributed by atoms with Crippen molar-refractivity contribution in [1.29, 1.82) is 0 Å². The van der Waals surface area contributed by atoms with Crippen molar-refractivity contribution in [2.45, 2.75) is 63.1 Å². The Labute approximate surface area is 222 Å². The molecule has 1 aliphatic carbocycles. The van der Waals surface area contributed by atoms with Gasteiger partial charge in [0.15, 0.2) is 23.0 Å². The molecule has 7 unspecified atom stereocenters. The van der Waals surface area contributed by atoms with E-state index in [9.17, 15) is 19.6 Å². The van der Waals surface area contributed by atoms with E-state index >= 15 is 0 Å². The van der Waals surface area contributed by atoms with Crippen LogP contribution in [0.4, 0.5) is 5.95 Å². The van der Waals surface area contributed by atoms with Gasteiger partial charge in [-0.05, 0) is 32.9 Å². The number of carbonyl (C=O) groups is 1. The van der Waals surface area contributed by atoms with Gasteiger partial charge in [0.05, 0.1) is 19.5 Å². The van der Waals surface area contributed by atoms with Crippen LogP contribution in [0.5, 0.6) is 11.6 Å². The summed E-state index contributed by atoms with van der Waals surface area (Å²) in [7, 11) is -2.93. The highest BCUT2D eigenvalue weighted by Crippen LogP contribution is 2.61. The summed E-state index contributed by atoms with van der Waals surface area (Å²) in [5, 5.41) is 24.9. The first-order valence-corrected chi connectivity index (χ1v) is 13.6. The molecule has 1 aromatic carbocycles. The number of ether oxygens (including phenoxy) is 3. The molecule has 7 atom stereocenters. The highest BCUT2D eigenvalue weighted by Gasteiger charge is 2.79. The van der Waals surface area contributed by atoms with Crippen molar-refractivity contribution in [1.82, 2.24) is 24.6 Å². The standard InChI is InChI=1S/C23H29N6O9P/c1-11(2)35-21(31)12(3)28-39(33,37-13-8-6-5-7-9-13)38-17-16-23(17,32)15(30)20(36-16)29-10-25-14-18(29)26-22(24)27-19(14)34-4/h5-12,15-17,20,30,32H,1-4H3,(H,28,33)(H2,24,26,27). The van der Waals surface area contributed by atoms with Crippen LogP contribution in [0.1, 0.15) is 27.0 Å². The van der Waals surface area contributed by atoms with Crippen LogP contribution in [0, 0.1) is 0 Å². The Morgan fingerprint density at radius 1 is 1.26 bits per heavy atom. The predicted molar refractivity (Wildman–Crippen MR) is 135 cm³/mol. The fourth-order valence-corrected chi connectivity index (χ4v) is 6.08. The normalized spacial score (nSPS) is 28.1. The maximum atomic E-state index is 13.8. The molecular formula is C23H29N6O9P. The van der Waals surface area contributed by atoms with Crippen molar-refractivity contribution in [3.8, 4) is 11.6 Å². The minimum absolute atomic E-state index is 0.0890. The zero-order valence-corrected chi connectivity index (χ0v) is 22.4. The van der Waals surface area contributed by atoms with E-state index < -0.39 is 56.0 Å². The molecule has 16 heteroatoms. The lowest BCUT2D eigenvalue weighted by molar-refractivity contribution is -0.149. The zero-order chi connectivity index (χ0) is 28.1. The molecule has 5 N–H and O–H groups in total. The van der Waals surface area contributed by atoms with Crippen LogP contribution >= 0.6 is 7.75 Å². The Morgan fingerprint density at radius 2 is 1.97 bits per heavy atom. The molecule has 210 valence electrons. The second kappa shape index (κ2) is 10.0. The molecule has 15 nitrogen and oxygen atoms in total. The summed E-state index contributed by atoms with van der Waals surface area (Å²) in [5.41, 5.74) is 4.29. The van der Waals surface area contributed by atoms with Gasteiger partial charge in [0.25, 0.3) is 0 Å². The summed E-state index contributed by atoms with van der Waals surface area (Å²) in [6.45, 7) is 4.79. The van der Waals surface area contributed by atoms with E-state index in [1.54, 1.807) is 44.2 Å². The Hall–Kier alpha value is -3.33. The lowest BCUT2D eigenvalue weighted by Gasteiger charge is -2.27. The molecule has 2 aliphatic rings. The number of benzene rings is 1. The lowest BCUT2D eigenvalue weighted by atomic mass is 10.1. The third-order valence-electron chi connectivity index (χ3n) is 6.26. The molecule has 3 aromatic rings. The highest BCUT2D eigenvalue weighted by atomic mass is 31.2. The molecular weight excluding hydrogens is 535 g/mol. The first-order valence-electron chi connectivity index (χ1n) is 12.1. The molecule has 2 fully saturated rings. The molecule has 5 rings (SSSR count). The molecule has 1 saturated carbocycles. The van der Waals surface area contributed by atoms with Gasteiger partial charge in [0.1, 0.15) is 30.1 Å². The smallest absolute Gasteiger partial charge is 0.459 e. The number of anilines is 1. The van der Waals surface area contributed by atoms with Crippen LogP contribution in [0.2, 0.25) is 0 Å². The minimum atomic E-state index is -4.32. The van der Waals surface area contributed by atoms with Gasteiger partial charge in [-0.15, -0.1) is 0 Å². The Balaban J connectivity index is 1.37. The van der Waals surface area contributed by atoms with E-state index in [4.69, 9.17) is 29.0 Å². The number of para-hydroxylation sites is 1. The molecule has 2 aromatic heterocycles. The number of carbonyl (C=O) groups excluding carboxylic acids is 1. The number of methoxy groups -OCH3 is 1. The summed E-state index contributed by atoms with van der Waals surface area (Å²) in [6.07, 6.45) is -4.11. The highest BCUT2D eigenvalue weighted by molar-refractivity contribution is 7.52. The predicted octanol–water partition coefficient (Wildman–Crippen LogP) is 0.922. The lowest BCUT2D eigenvalue weighted by Crippen LogP contribution is -2.39. The van der Waals surface area contributed by atoms with Crippen LogP contribution in [0.15, 0.2) is 36.7 Å². The molecule has 1 saturated heterocycles. The maximum absolute atomic E-state index is 13.8. The monoisotopic (exact) mass is 564 g/mol. The topological polar surface area (TPSA) is 202 Å². The number of rotatable bonds is 10. The van der Waals surface area contributed by atoms with Crippen molar-refractivity contribution in [3.63, 3.8) is 0 Å². The second-order valence-electron chi connectivity index (χ2n) is 9.46.